The Labute approximate surface area is 167 Å². The lowest BCUT2D eigenvalue weighted by atomic mass is 10.1. The Morgan fingerprint density at radius 3 is 2.55 bits per heavy atom. The Balaban J connectivity index is 1.64. The fourth-order valence-corrected chi connectivity index (χ4v) is 3.05. The van der Waals surface area contributed by atoms with E-state index in [1.807, 2.05) is 18.2 Å². The molecule has 0 spiro atoms. The first kappa shape index (κ1) is 18.4. The number of ether oxygens (including phenoxy) is 3. The van der Waals surface area contributed by atoms with Crippen molar-refractivity contribution in [2.45, 2.75) is 6.92 Å². The first-order valence-electron chi connectivity index (χ1n) is 8.91. The van der Waals surface area contributed by atoms with Gasteiger partial charge in [0.2, 0.25) is 5.78 Å². The average Bonchev–Trinajstić information content (AvgIpc) is 3.07. The second kappa shape index (κ2) is 7.59. The molecule has 2 heterocycles. The quantitative estimate of drug-likeness (QED) is 0.379. The molecule has 3 aromatic rings. The number of nitrogens with zero attached hydrogens (tertiary/aromatic N) is 1. The third-order valence-electron chi connectivity index (χ3n) is 4.58. The van der Waals surface area contributed by atoms with Crippen LogP contribution >= 0.6 is 0 Å². The summed E-state index contributed by atoms with van der Waals surface area (Å²) in [5.74, 6) is 0.792. The predicted molar refractivity (Wildman–Crippen MR) is 106 cm³/mol. The summed E-state index contributed by atoms with van der Waals surface area (Å²) in [7, 11) is 1.57. The van der Waals surface area contributed by atoms with Crippen molar-refractivity contribution in [2.24, 2.45) is 0 Å². The number of hydrogen-bond acceptors (Lipinski definition) is 6. The summed E-state index contributed by atoms with van der Waals surface area (Å²) in [6, 6.07) is 13.7. The van der Waals surface area contributed by atoms with Crippen molar-refractivity contribution in [1.82, 2.24) is 4.98 Å². The van der Waals surface area contributed by atoms with Crippen LogP contribution in [0.25, 0.3) is 6.08 Å². The van der Waals surface area contributed by atoms with Crippen LogP contribution in [0.15, 0.2) is 66.7 Å². The van der Waals surface area contributed by atoms with Crippen molar-refractivity contribution in [3.05, 3.63) is 88.9 Å². The van der Waals surface area contributed by atoms with Gasteiger partial charge in [0.25, 0.3) is 0 Å². The second-order valence-corrected chi connectivity index (χ2v) is 6.37. The first-order valence-corrected chi connectivity index (χ1v) is 8.91. The van der Waals surface area contributed by atoms with E-state index < -0.39 is 5.97 Å². The van der Waals surface area contributed by atoms with Gasteiger partial charge in [0.1, 0.15) is 17.2 Å². The van der Waals surface area contributed by atoms with Gasteiger partial charge in [-0.05, 0) is 43.3 Å². The molecule has 29 heavy (non-hydrogen) atoms. The number of carbonyl (C=O) groups is 2. The molecule has 0 unspecified atom stereocenters. The molecule has 0 radical (unpaired) electrons. The summed E-state index contributed by atoms with van der Waals surface area (Å²) >= 11 is 0. The van der Waals surface area contributed by atoms with E-state index in [1.165, 1.54) is 12.4 Å². The summed E-state index contributed by atoms with van der Waals surface area (Å²) in [4.78, 5) is 29.0. The van der Waals surface area contributed by atoms with Crippen molar-refractivity contribution in [1.29, 1.82) is 0 Å². The molecule has 0 amide bonds. The zero-order valence-corrected chi connectivity index (χ0v) is 15.8. The minimum Gasteiger partial charge on any atom is -0.496 e. The Morgan fingerprint density at radius 2 is 1.79 bits per heavy atom. The van der Waals surface area contributed by atoms with Gasteiger partial charge >= 0.3 is 5.97 Å². The zero-order chi connectivity index (χ0) is 20.4. The van der Waals surface area contributed by atoms with Gasteiger partial charge in [-0.25, -0.2) is 4.79 Å². The van der Waals surface area contributed by atoms with Gasteiger partial charge in [-0.15, -0.1) is 0 Å². The van der Waals surface area contributed by atoms with Crippen LogP contribution in [0, 0.1) is 6.92 Å². The van der Waals surface area contributed by atoms with Gasteiger partial charge in [-0.1, -0.05) is 18.2 Å². The van der Waals surface area contributed by atoms with Crippen LogP contribution in [-0.2, 0) is 0 Å². The summed E-state index contributed by atoms with van der Waals surface area (Å²) in [5.41, 5.74) is 2.11. The molecule has 6 heteroatoms. The Bertz CT molecular complexity index is 1140. The van der Waals surface area contributed by atoms with Crippen LogP contribution in [0.5, 0.6) is 17.2 Å². The third kappa shape index (κ3) is 3.48. The van der Waals surface area contributed by atoms with Crippen LogP contribution in [0.4, 0.5) is 0 Å². The minimum atomic E-state index is -0.510. The number of Topliss-reactive ketones (excluding diaryl/α,β-unsaturated/α-hetero) is 1. The van der Waals surface area contributed by atoms with E-state index in [-0.39, 0.29) is 11.5 Å². The number of hydrogen-bond donors (Lipinski definition) is 0. The highest BCUT2D eigenvalue weighted by Crippen LogP contribution is 2.39. The van der Waals surface area contributed by atoms with E-state index >= 15 is 0 Å². The van der Waals surface area contributed by atoms with Crippen LogP contribution in [-0.4, -0.2) is 23.8 Å². The van der Waals surface area contributed by atoms with Crippen LogP contribution < -0.4 is 14.2 Å². The molecule has 1 aliphatic rings. The van der Waals surface area contributed by atoms with Gasteiger partial charge in [0.15, 0.2) is 5.76 Å². The summed E-state index contributed by atoms with van der Waals surface area (Å²) in [6.07, 6.45) is 4.68. The molecular formula is C23H17NO5. The number of fused-ring (bicyclic) bond motifs is 1. The lowest BCUT2D eigenvalue weighted by Crippen LogP contribution is -2.09. The summed E-state index contributed by atoms with van der Waals surface area (Å²) in [6.45, 7) is 1.74. The monoisotopic (exact) mass is 387 g/mol. The smallest absolute Gasteiger partial charge is 0.343 e. The Morgan fingerprint density at radius 1 is 1.03 bits per heavy atom. The number of carbonyl (C=O) groups excluding carboxylic acids is 2. The highest BCUT2D eigenvalue weighted by atomic mass is 16.5. The third-order valence-corrected chi connectivity index (χ3v) is 4.58. The number of pyridine rings is 1. The molecule has 0 N–H and O–H groups in total. The lowest BCUT2D eigenvalue weighted by molar-refractivity contribution is 0.0733. The normalized spacial score (nSPS) is 13.7. The molecule has 0 saturated heterocycles. The number of esters is 1. The van der Waals surface area contributed by atoms with Crippen LogP contribution in [0.1, 0.15) is 31.8 Å². The van der Waals surface area contributed by atoms with Gasteiger partial charge in [-0.2, -0.15) is 0 Å². The van der Waals surface area contributed by atoms with E-state index in [0.717, 1.165) is 5.56 Å². The average molecular weight is 387 g/mol. The molecular weight excluding hydrogens is 370 g/mol. The lowest BCUT2D eigenvalue weighted by Gasteiger charge is -2.10. The van der Waals surface area contributed by atoms with Crippen molar-refractivity contribution in [3.63, 3.8) is 0 Å². The molecule has 0 atom stereocenters. The number of allylic oxidation sites excluding steroid dienone is 1. The van der Waals surface area contributed by atoms with Crippen LogP contribution in [0.3, 0.4) is 0 Å². The topological polar surface area (TPSA) is 74.7 Å². The maximum absolute atomic E-state index is 12.8. The second-order valence-electron chi connectivity index (χ2n) is 6.37. The van der Waals surface area contributed by atoms with Crippen molar-refractivity contribution in [3.8, 4) is 17.2 Å². The van der Waals surface area contributed by atoms with E-state index in [4.69, 9.17) is 14.2 Å². The highest BCUT2D eigenvalue weighted by molar-refractivity contribution is 6.15. The number of methoxy groups -OCH3 is 1. The molecule has 1 aliphatic heterocycles. The Kier molecular flexibility index (Phi) is 4.83. The van der Waals surface area contributed by atoms with Crippen molar-refractivity contribution in [2.75, 3.05) is 7.11 Å². The number of ketones is 1. The Hall–Kier alpha value is -3.93. The van der Waals surface area contributed by atoms with E-state index in [9.17, 15) is 9.59 Å². The van der Waals surface area contributed by atoms with Gasteiger partial charge in [0, 0.05) is 23.5 Å². The molecule has 6 nitrogen and oxygen atoms in total. The van der Waals surface area contributed by atoms with E-state index in [0.29, 0.717) is 33.9 Å². The van der Waals surface area contributed by atoms with Gasteiger partial charge in [-0.3, -0.25) is 9.78 Å². The number of para-hydroxylation sites is 1. The summed E-state index contributed by atoms with van der Waals surface area (Å²) < 4.78 is 16.6. The van der Waals surface area contributed by atoms with E-state index in [1.54, 1.807) is 50.4 Å². The predicted octanol–water partition coefficient (Wildman–Crippen LogP) is 4.23. The van der Waals surface area contributed by atoms with Gasteiger partial charge in [0.05, 0.1) is 18.2 Å². The molecule has 2 aromatic carbocycles. The SMILES string of the molecule is COc1ccccc1/C=C1\Oc2c(ccc(OC(=O)c3ccncc3)c2C)C1=O. The number of rotatable bonds is 4. The maximum Gasteiger partial charge on any atom is 0.343 e. The largest absolute Gasteiger partial charge is 0.496 e. The fourth-order valence-electron chi connectivity index (χ4n) is 3.05. The number of aromatic nitrogens is 1. The number of benzene rings is 2. The van der Waals surface area contributed by atoms with Crippen molar-refractivity contribution >= 4 is 17.8 Å². The minimum absolute atomic E-state index is 0.185. The zero-order valence-electron chi connectivity index (χ0n) is 15.8. The van der Waals surface area contributed by atoms with Gasteiger partial charge < -0.3 is 14.2 Å². The molecule has 0 bridgehead atoms. The standard InChI is InChI=1S/C23H17NO5/c1-14-18(29-23(26)15-9-11-24-12-10-15)8-7-17-21(25)20(28-22(14)17)13-16-5-3-4-6-19(16)27-2/h3-13H,1-2H3/b20-13-. The maximum atomic E-state index is 12.8. The molecule has 0 saturated carbocycles. The van der Waals surface area contributed by atoms with Crippen molar-refractivity contribution < 1.29 is 23.8 Å². The fraction of sp³-hybridized carbons (Fsp3) is 0.0870. The first-order chi connectivity index (χ1) is 14.1. The highest BCUT2D eigenvalue weighted by Gasteiger charge is 2.30. The molecule has 1 aromatic heterocycles. The van der Waals surface area contributed by atoms with E-state index in [2.05, 4.69) is 4.98 Å². The molecule has 0 aliphatic carbocycles. The van der Waals surface area contributed by atoms with Crippen LogP contribution in [0.2, 0.25) is 0 Å². The molecule has 4 rings (SSSR count). The molecule has 0 fully saturated rings. The molecule has 144 valence electrons. The summed E-state index contributed by atoms with van der Waals surface area (Å²) in [5, 5.41) is 0.